The smallest absolute Gasteiger partial charge is 0.0865 e. The third kappa shape index (κ3) is 1.92. The van der Waals surface area contributed by atoms with E-state index in [0.29, 0.717) is 25.0 Å². The van der Waals surface area contributed by atoms with E-state index in [4.69, 9.17) is 9.47 Å². The Morgan fingerprint density at radius 3 is 2.38 bits per heavy atom. The lowest BCUT2D eigenvalue weighted by atomic mass is 9.62. The quantitative estimate of drug-likeness (QED) is 0.672. The average molecular weight is 188 g/mol. The highest BCUT2D eigenvalue weighted by atomic mass is 19.1. The molecule has 3 atom stereocenters. The summed E-state index contributed by atoms with van der Waals surface area (Å²) in [6.07, 6.45) is 0.723. The Kier molecular flexibility index (Phi) is 3.88. The first-order valence-corrected chi connectivity index (χ1v) is 4.54. The summed E-state index contributed by atoms with van der Waals surface area (Å²) in [6.45, 7) is 3.31. The van der Waals surface area contributed by atoms with Gasteiger partial charge in [-0.05, 0) is 17.4 Å². The van der Waals surface area contributed by atoms with Crippen LogP contribution in [0, 0.1) is 17.8 Å². The molecule has 0 bridgehead atoms. The van der Waals surface area contributed by atoms with Gasteiger partial charge in [-0.25, -0.2) is 4.39 Å². The molecule has 1 fully saturated rings. The maximum absolute atomic E-state index is 12.4. The van der Waals surface area contributed by atoms with E-state index in [1.165, 1.54) is 0 Å². The Morgan fingerprint density at radius 1 is 1.31 bits per heavy atom. The molecule has 1 rings (SSSR count). The fourth-order valence-corrected chi connectivity index (χ4v) is 2.09. The molecule has 1 aliphatic carbocycles. The Bertz CT molecular complexity index is 191. The Morgan fingerprint density at radius 2 is 1.92 bits per heavy atom. The number of rotatable bonds is 4. The highest BCUT2D eigenvalue weighted by Gasteiger charge is 2.42. The summed E-state index contributed by atoms with van der Waals surface area (Å²) in [6, 6.07) is 0. The van der Waals surface area contributed by atoms with Crippen LogP contribution >= 0.6 is 0 Å². The summed E-state index contributed by atoms with van der Waals surface area (Å²) < 4.78 is 22.5. The average Bonchev–Trinajstić information content (AvgIpc) is 2.14. The number of halogens is 1. The molecule has 0 aromatic rings. The first kappa shape index (κ1) is 10.7. The summed E-state index contributed by atoms with van der Waals surface area (Å²) in [4.78, 5) is 0. The van der Waals surface area contributed by atoms with E-state index in [1.807, 2.05) is 6.92 Å². The van der Waals surface area contributed by atoms with Crippen LogP contribution in [-0.4, -0.2) is 27.4 Å². The zero-order valence-corrected chi connectivity index (χ0v) is 8.42. The van der Waals surface area contributed by atoms with Gasteiger partial charge in [-0.2, -0.15) is 0 Å². The van der Waals surface area contributed by atoms with E-state index in [-0.39, 0.29) is 5.92 Å². The van der Waals surface area contributed by atoms with Gasteiger partial charge in [-0.1, -0.05) is 6.92 Å². The van der Waals surface area contributed by atoms with Gasteiger partial charge in [0.05, 0.1) is 19.5 Å². The third-order valence-corrected chi connectivity index (χ3v) is 2.94. The van der Waals surface area contributed by atoms with Crippen molar-refractivity contribution in [3.63, 3.8) is 0 Å². The first-order chi connectivity index (χ1) is 6.26. The van der Waals surface area contributed by atoms with Gasteiger partial charge >= 0.3 is 0 Å². The molecule has 13 heavy (non-hydrogen) atoms. The van der Waals surface area contributed by atoms with Crippen LogP contribution in [-0.2, 0) is 9.47 Å². The predicted molar refractivity (Wildman–Crippen MR) is 49.1 cm³/mol. The third-order valence-electron chi connectivity index (χ3n) is 2.94. The Balaban J connectivity index is 2.55. The number of hydrogen-bond acceptors (Lipinski definition) is 2. The van der Waals surface area contributed by atoms with Gasteiger partial charge in [0.25, 0.3) is 0 Å². The minimum absolute atomic E-state index is 0.213. The second kappa shape index (κ2) is 4.72. The van der Waals surface area contributed by atoms with Crippen molar-refractivity contribution in [1.29, 1.82) is 0 Å². The van der Waals surface area contributed by atoms with Crippen LogP contribution < -0.4 is 0 Å². The lowest BCUT2D eigenvalue weighted by Crippen LogP contribution is -2.43. The lowest BCUT2D eigenvalue weighted by molar-refractivity contribution is 0.0184. The molecule has 2 nitrogen and oxygen atoms in total. The highest BCUT2D eigenvalue weighted by Crippen LogP contribution is 2.45. The highest BCUT2D eigenvalue weighted by molar-refractivity contribution is 5.21. The summed E-state index contributed by atoms with van der Waals surface area (Å²) >= 11 is 0. The molecule has 0 spiro atoms. The number of ether oxygens (including phenoxy) is 2. The van der Waals surface area contributed by atoms with Gasteiger partial charge in [0.1, 0.15) is 0 Å². The van der Waals surface area contributed by atoms with Crippen LogP contribution in [0.25, 0.3) is 0 Å². The molecular formula is C10H17FO2. The van der Waals surface area contributed by atoms with Crippen molar-refractivity contribution >= 4 is 0 Å². The minimum Gasteiger partial charge on any atom is -0.384 e. The molecule has 0 heterocycles. The summed E-state index contributed by atoms with van der Waals surface area (Å²) in [5.74, 6) is 0.919. The monoisotopic (exact) mass is 188 g/mol. The molecule has 3 heteroatoms. The lowest BCUT2D eigenvalue weighted by Gasteiger charge is -2.44. The molecule has 0 radical (unpaired) electrons. The van der Waals surface area contributed by atoms with Gasteiger partial charge in [-0.15, -0.1) is 0 Å². The first-order valence-electron chi connectivity index (χ1n) is 4.54. The molecule has 1 saturated carbocycles. The molecule has 0 N–H and O–H groups in total. The van der Waals surface area contributed by atoms with E-state index in [9.17, 15) is 4.39 Å². The van der Waals surface area contributed by atoms with Crippen LogP contribution in [0.15, 0.2) is 11.9 Å². The van der Waals surface area contributed by atoms with E-state index in [2.05, 4.69) is 0 Å². The van der Waals surface area contributed by atoms with Crippen LogP contribution in [0.4, 0.5) is 4.39 Å². The zero-order valence-electron chi connectivity index (χ0n) is 8.42. The van der Waals surface area contributed by atoms with Crippen LogP contribution in [0.1, 0.15) is 6.92 Å². The normalized spacial score (nSPS) is 36.3. The van der Waals surface area contributed by atoms with Gasteiger partial charge < -0.3 is 9.47 Å². The Hall–Kier alpha value is -0.410. The van der Waals surface area contributed by atoms with E-state index < -0.39 is 0 Å². The minimum atomic E-state index is 0.213. The van der Waals surface area contributed by atoms with Crippen LogP contribution in [0.3, 0.4) is 0 Å². The van der Waals surface area contributed by atoms with Crippen molar-refractivity contribution in [1.82, 2.24) is 0 Å². The van der Waals surface area contributed by atoms with Crippen molar-refractivity contribution in [3.8, 4) is 0 Å². The molecule has 0 aromatic carbocycles. The van der Waals surface area contributed by atoms with Crippen LogP contribution in [0.2, 0.25) is 0 Å². The maximum atomic E-state index is 12.4. The second-order valence-corrected chi connectivity index (χ2v) is 3.58. The molecule has 0 saturated heterocycles. The topological polar surface area (TPSA) is 18.5 Å². The summed E-state index contributed by atoms with van der Waals surface area (Å²) in [7, 11) is 3.32. The van der Waals surface area contributed by atoms with Gasteiger partial charge in [-0.3, -0.25) is 0 Å². The molecule has 0 amide bonds. The van der Waals surface area contributed by atoms with Gasteiger partial charge in [0.15, 0.2) is 0 Å². The molecular weight excluding hydrogens is 171 g/mol. The fraction of sp³-hybridized carbons (Fsp3) is 0.800. The zero-order chi connectivity index (χ0) is 9.84. The molecule has 0 aromatic heterocycles. The van der Waals surface area contributed by atoms with Crippen molar-refractivity contribution in [2.75, 3.05) is 27.4 Å². The van der Waals surface area contributed by atoms with Gasteiger partial charge in [0, 0.05) is 20.1 Å². The van der Waals surface area contributed by atoms with E-state index >= 15 is 0 Å². The van der Waals surface area contributed by atoms with Crippen molar-refractivity contribution in [2.45, 2.75) is 6.92 Å². The van der Waals surface area contributed by atoms with Crippen LogP contribution in [0.5, 0.6) is 0 Å². The molecule has 76 valence electrons. The van der Waals surface area contributed by atoms with Crippen molar-refractivity contribution < 1.29 is 13.9 Å². The van der Waals surface area contributed by atoms with Crippen molar-refractivity contribution in [2.24, 2.45) is 17.8 Å². The second-order valence-electron chi connectivity index (χ2n) is 3.58. The molecule has 0 unspecified atom stereocenters. The van der Waals surface area contributed by atoms with Crippen molar-refractivity contribution in [3.05, 3.63) is 11.9 Å². The molecule has 1 aliphatic rings. The number of methoxy groups -OCH3 is 2. The largest absolute Gasteiger partial charge is 0.384 e. The van der Waals surface area contributed by atoms with E-state index in [1.54, 1.807) is 14.2 Å². The van der Waals surface area contributed by atoms with E-state index in [0.717, 1.165) is 11.9 Å². The van der Waals surface area contributed by atoms with Gasteiger partial charge in [0.2, 0.25) is 0 Å². The summed E-state index contributed by atoms with van der Waals surface area (Å²) in [5, 5.41) is 0. The SMILES string of the molecule is COC[C@H]1[C@H](COC)/C(=C\F)[C@@H]1C. The number of hydrogen-bond donors (Lipinski definition) is 0. The molecule has 0 aliphatic heterocycles. The predicted octanol–water partition coefficient (Wildman–Crippen LogP) is 2.01. The summed E-state index contributed by atoms with van der Waals surface area (Å²) in [5.41, 5.74) is 0.865. The maximum Gasteiger partial charge on any atom is 0.0865 e. The Labute approximate surface area is 78.7 Å². The standard InChI is InChI=1S/C10H17FO2/c1-7-8(4-11)10(6-13-3)9(7)5-12-2/h4,7,9-10H,5-6H2,1-3H3/b8-4-/t7-,9+,10+/m0/s1. The fourth-order valence-electron chi connectivity index (χ4n) is 2.09.